The molecule has 0 saturated carbocycles. The summed E-state index contributed by atoms with van der Waals surface area (Å²) in [5.74, 6) is 0.481. The van der Waals surface area contributed by atoms with E-state index in [0.717, 1.165) is 0 Å². The van der Waals surface area contributed by atoms with E-state index in [1.54, 1.807) is 24.3 Å². The topological polar surface area (TPSA) is 76.0 Å². The van der Waals surface area contributed by atoms with Gasteiger partial charge in [-0.3, -0.25) is 0 Å². The maximum atomic E-state index is 11.5. The van der Waals surface area contributed by atoms with E-state index in [2.05, 4.69) is 0 Å². The summed E-state index contributed by atoms with van der Waals surface area (Å²) in [5, 5.41) is 18.4. The number of phenols is 2. The van der Waals surface area contributed by atoms with Crippen LogP contribution in [0.2, 0.25) is 0 Å². The van der Waals surface area contributed by atoms with E-state index < -0.39 is 8.25 Å². The van der Waals surface area contributed by atoms with E-state index >= 15 is 0 Å². The van der Waals surface area contributed by atoms with Crippen molar-refractivity contribution < 1.29 is 23.8 Å². The molecule has 0 spiro atoms. The Morgan fingerprint density at radius 3 is 1.67 bits per heavy atom. The number of benzene rings is 2. The highest BCUT2D eigenvalue weighted by Gasteiger charge is 2.24. The Hall–Kier alpha value is -2.26. The Balaban J connectivity index is 2.01. The highest BCUT2D eigenvalue weighted by molar-refractivity contribution is 7.34. The Kier molecular flexibility index (Phi) is 3.65. The molecule has 0 amide bonds. The predicted octanol–water partition coefficient (Wildman–Crippen LogP) is 3.21. The SMILES string of the molecule is O=[P+](Oc1cccc(O)c1)Oc1cccc(O)c1. The first-order chi connectivity index (χ1) is 8.63. The van der Waals surface area contributed by atoms with Crippen molar-refractivity contribution in [2.75, 3.05) is 0 Å². The number of phenolic OH excluding ortho intramolecular Hbond substituents is 2. The summed E-state index contributed by atoms with van der Waals surface area (Å²) in [5.41, 5.74) is 0. The minimum Gasteiger partial charge on any atom is -0.508 e. The minimum absolute atomic E-state index is 0.00764. The highest BCUT2D eigenvalue weighted by Crippen LogP contribution is 2.32. The van der Waals surface area contributed by atoms with E-state index in [1.165, 1.54) is 24.3 Å². The fraction of sp³-hybridized carbons (Fsp3) is 0. The van der Waals surface area contributed by atoms with E-state index in [9.17, 15) is 14.8 Å². The zero-order valence-corrected chi connectivity index (χ0v) is 10.1. The van der Waals surface area contributed by atoms with Gasteiger partial charge in [0.2, 0.25) is 0 Å². The summed E-state index contributed by atoms with van der Waals surface area (Å²) in [4.78, 5) is 0. The first-order valence-electron chi connectivity index (χ1n) is 5.05. The van der Waals surface area contributed by atoms with Gasteiger partial charge in [0.15, 0.2) is 11.5 Å². The summed E-state index contributed by atoms with van der Waals surface area (Å²) >= 11 is 0. The Bertz CT molecular complexity index is 520. The van der Waals surface area contributed by atoms with Crippen molar-refractivity contribution in [1.29, 1.82) is 0 Å². The number of aromatic hydroxyl groups is 2. The maximum Gasteiger partial charge on any atom is 0.805 e. The molecule has 0 heterocycles. The van der Waals surface area contributed by atoms with Crippen LogP contribution in [0.5, 0.6) is 23.0 Å². The fourth-order valence-electron chi connectivity index (χ4n) is 1.27. The van der Waals surface area contributed by atoms with Crippen molar-refractivity contribution in [2.24, 2.45) is 0 Å². The zero-order chi connectivity index (χ0) is 13.0. The molecule has 92 valence electrons. The summed E-state index contributed by atoms with van der Waals surface area (Å²) in [6, 6.07) is 11.8. The van der Waals surface area contributed by atoms with E-state index in [-0.39, 0.29) is 23.0 Å². The molecule has 2 aromatic rings. The molecule has 2 rings (SSSR count). The minimum atomic E-state index is -2.43. The third-order valence-electron chi connectivity index (χ3n) is 2.00. The van der Waals surface area contributed by atoms with Gasteiger partial charge in [-0.1, -0.05) is 12.1 Å². The summed E-state index contributed by atoms with van der Waals surface area (Å²) < 4.78 is 21.5. The molecular weight excluding hydrogens is 255 g/mol. The van der Waals surface area contributed by atoms with Crippen molar-refractivity contribution >= 4 is 8.25 Å². The first-order valence-corrected chi connectivity index (χ1v) is 6.14. The van der Waals surface area contributed by atoms with Crippen LogP contribution in [-0.4, -0.2) is 10.2 Å². The van der Waals surface area contributed by atoms with Crippen molar-refractivity contribution in [3.8, 4) is 23.0 Å². The molecule has 18 heavy (non-hydrogen) atoms. The second-order valence-corrected chi connectivity index (χ2v) is 4.21. The van der Waals surface area contributed by atoms with Crippen LogP contribution in [0.4, 0.5) is 0 Å². The lowest BCUT2D eigenvalue weighted by Gasteiger charge is -1.96. The molecule has 0 aliphatic rings. The van der Waals surface area contributed by atoms with Crippen LogP contribution in [0.15, 0.2) is 48.5 Å². The van der Waals surface area contributed by atoms with Crippen LogP contribution >= 0.6 is 8.25 Å². The molecule has 0 aliphatic heterocycles. The predicted molar refractivity (Wildman–Crippen MR) is 65.1 cm³/mol. The van der Waals surface area contributed by atoms with Crippen molar-refractivity contribution in [3.05, 3.63) is 48.5 Å². The maximum absolute atomic E-state index is 11.5. The number of hydrogen-bond donors (Lipinski definition) is 2. The largest absolute Gasteiger partial charge is 0.805 e. The summed E-state index contributed by atoms with van der Waals surface area (Å²) in [6.07, 6.45) is 0. The van der Waals surface area contributed by atoms with Crippen molar-refractivity contribution in [2.45, 2.75) is 0 Å². The van der Waals surface area contributed by atoms with Gasteiger partial charge in [-0.15, -0.1) is 0 Å². The highest BCUT2D eigenvalue weighted by atomic mass is 31.1. The Labute approximate surface area is 104 Å². The fourth-order valence-corrected chi connectivity index (χ4v) is 1.88. The van der Waals surface area contributed by atoms with Gasteiger partial charge in [0.1, 0.15) is 11.5 Å². The van der Waals surface area contributed by atoms with Crippen LogP contribution in [0.25, 0.3) is 0 Å². The molecule has 6 heteroatoms. The Morgan fingerprint density at radius 2 is 1.28 bits per heavy atom. The van der Waals surface area contributed by atoms with E-state index in [4.69, 9.17) is 9.05 Å². The van der Waals surface area contributed by atoms with Gasteiger partial charge in [0, 0.05) is 16.7 Å². The molecule has 0 radical (unpaired) electrons. The lowest BCUT2D eigenvalue weighted by Crippen LogP contribution is -1.88. The third kappa shape index (κ3) is 3.37. The normalized spacial score (nSPS) is 9.78. The zero-order valence-electron chi connectivity index (χ0n) is 9.19. The molecule has 0 aliphatic carbocycles. The van der Waals surface area contributed by atoms with Gasteiger partial charge in [0.05, 0.1) is 0 Å². The van der Waals surface area contributed by atoms with Gasteiger partial charge in [-0.2, -0.15) is 0 Å². The molecule has 0 saturated heterocycles. The number of rotatable bonds is 4. The van der Waals surface area contributed by atoms with E-state index in [1.807, 2.05) is 0 Å². The van der Waals surface area contributed by atoms with Crippen LogP contribution in [0, 0.1) is 0 Å². The second kappa shape index (κ2) is 5.38. The average Bonchev–Trinajstić information content (AvgIpc) is 2.28. The van der Waals surface area contributed by atoms with Gasteiger partial charge < -0.3 is 10.2 Å². The average molecular weight is 265 g/mol. The lowest BCUT2D eigenvalue weighted by molar-refractivity contribution is 0.411. The molecular formula is C12H10O5P+. The molecule has 0 bridgehead atoms. The van der Waals surface area contributed by atoms with Crippen LogP contribution in [0.3, 0.4) is 0 Å². The van der Waals surface area contributed by atoms with E-state index in [0.29, 0.717) is 0 Å². The third-order valence-corrected chi connectivity index (χ3v) is 2.71. The molecule has 0 fully saturated rings. The smallest absolute Gasteiger partial charge is 0.508 e. The summed E-state index contributed by atoms with van der Waals surface area (Å²) in [7, 11) is -2.43. The number of hydrogen-bond acceptors (Lipinski definition) is 5. The Morgan fingerprint density at radius 1 is 0.833 bits per heavy atom. The molecule has 5 nitrogen and oxygen atoms in total. The van der Waals surface area contributed by atoms with Gasteiger partial charge in [-0.25, -0.2) is 9.05 Å². The van der Waals surface area contributed by atoms with Gasteiger partial charge in [-0.05, 0) is 24.3 Å². The molecule has 2 N–H and O–H groups in total. The molecule has 0 atom stereocenters. The molecule has 0 unspecified atom stereocenters. The lowest BCUT2D eigenvalue weighted by atomic mass is 10.3. The van der Waals surface area contributed by atoms with Gasteiger partial charge >= 0.3 is 8.25 Å². The molecule has 2 aromatic carbocycles. The standard InChI is InChI=1S/C12H9O5P/c13-9-3-1-5-11(7-9)16-18(15)17-12-6-2-4-10(14)8-12/h1-8H,(H-,13,14)/p+1. The summed E-state index contributed by atoms with van der Waals surface area (Å²) in [6.45, 7) is 0. The van der Waals surface area contributed by atoms with Crippen LogP contribution in [0.1, 0.15) is 0 Å². The van der Waals surface area contributed by atoms with Crippen LogP contribution < -0.4 is 9.05 Å². The van der Waals surface area contributed by atoms with Crippen molar-refractivity contribution in [1.82, 2.24) is 0 Å². The molecule has 0 aromatic heterocycles. The first kappa shape index (κ1) is 12.2. The van der Waals surface area contributed by atoms with Crippen LogP contribution in [-0.2, 0) is 4.57 Å². The monoisotopic (exact) mass is 265 g/mol. The van der Waals surface area contributed by atoms with Gasteiger partial charge in [0.25, 0.3) is 0 Å². The van der Waals surface area contributed by atoms with Crippen molar-refractivity contribution in [3.63, 3.8) is 0 Å². The second-order valence-electron chi connectivity index (χ2n) is 3.40. The quantitative estimate of drug-likeness (QED) is 0.830.